The molecule has 1 aromatic rings. The fourth-order valence-electron chi connectivity index (χ4n) is 1.99. The zero-order valence-corrected chi connectivity index (χ0v) is 15.2. The van der Waals surface area contributed by atoms with Gasteiger partial charge in [0.2, 0.25) is 0 Å². The lowest BCUT2D eigenvalue weighted by Crippen LogP contribution is -2.25. The fraction of sp³-hybridized carbons (Fsp3) is 0.421. The summed E-state index contributed by atoms with van der Waals surface area (Å²) in [7, 11) is 0. The van der Waals surface area contributed by atoms with Gasteiger partial charge in [-0.1, -0.05) is 20.4 Å². The summed E-state index contributed by atoms with van der Waals surface area (Å²) in [6.07, 6.45) is -1.17. The Labute approximate surface area is 152 Å². The normalized spacial score (nSPS) is 12.6. The van der Waals surface area contributed by atoms with E-state index in [1.165, 1.54) is 31.2 Å². The minimum atomic E-state index is -0.953. The Kier molecular flexibility index (Phi) is 8.51. The Morgan fingerprint density at radius 3 is 2.23 bits per heavy atom. The van der Waals surface area contributed by atoms with Gasteiger partial charge in [-0.2, -0.15) is 0 Å². The molecule has 0 aliphatic heterocycles. The number of aliphatic hydroxyl groups excluding tert-OH is 1. The average Bonchev–Trinajstić information content (AvgIpc) is 2.63. The highest BCUT2D eigenvalue weighted by atomic mass is 16.7. The van der Waals surface area contributed by atoms with E-state index in [-0.39, 0.29) is 30.3 Å². The van der Waals surface area contributed by atoms with Crippen LogP contribution in [0, 0.1) is 5.92 Å². The van der Waals surface area contributed by atoms with Gasteiger partial charge < -0.3 is 19.3 Å². The van der Waals surface area contributed by atoms with Gasteiger partial charge in [-0.05, 0) is 37.6 Å². The highest BCUT2D eigenvalue weighted by Crippen LogP contribution is 2.18. The molecule has 2 atom stereocenters. The van der Waals surface area contributed by atoms with E-state index in [0.29, 0.717) is 12.0 Å². The first-order valence-corrected chi connectivity index (χ1v) is 8.25. The molecule has 0 bridgehead atoms. The Morgan fingerprint density at radius 2 is 1.69 bits per heavy atom. The fourth-order valence-corrected chi connectivity index (χ4v) is 1.99. The lowest BCUT2D eigenvalue weighted by Gasteiger charge is -2.16. The van der Waals surface area contributed by atoms with Gasteiger partial charge in [0, 0.05) is 17.1 Å². The molecule has 0 radical (unpaired) electrons. The third-order valence-corrected chi connectivity index (χ3v) is 3.63. The van der Waals surface area contributed by atoms with Crippen LogP contribution in [0.25, 0.3) is 0 Å². The summed E-state index contributed by atoms with van der Waals surface area (Å²) in [6, 6.07) is 5.94. The summed E-state index contributed by atoms with van der Waals surface area (Å²) in [5, 5.41) is 9.76. The molecule has 0 saturated heterocycles. The topological polar surface area (TPSA) is 99.1 Å². The van der Waals surface area contributed by atoms with Gasteiger partial charge in [-0.3, -0.25) is 4.79 Å². The van der Waals surface area contributed by atoms with Crippen LogP contribution in [0.3, 0.4) is 0 Å². The summed E-state index contributed by atoms with van der Waals surface area (Å²) in [4.78, 5) is 34.9. The molecule has 142 valence electrons. The number of rotatable bonds is 9. The Morgan fingerprint density at radius 1 is 1.12 bits per heavy atom. The molecule has 7 heteroatoms. The van der Waals surface area contributed by atoms with Crippen LogP contribution in [0.5, 0.6) is 5.75 Å². The first-order chi connectivity index (χ1) is 12.3. The molecule has 1 rings (SSSR count). The third kappa shape index (κ3) is 6.68. The van der Waals surface area contributed by atoms with Gasteiger partial charge in [0.1, 0.15) is 19.0 Å². The van der Waals surface area contributed by atoms with E-state index >= 15 is 0 Å². The molecule has 0 heterocycles. The predicted octanol–water partition coefficient (Wildman–Crippen LogP) is 2.91. The first kappa shape index (κ1) is 21.4. The Bertz CT molecular complexity index is 648. The number of ketones is 1. The average molecular weight is 364 g/mol. The van der Waals surface area contributed by atoms with E-state index in [0.717, 1.165) is 0 Å². The van der Waals surface area contributed by atoms with Crippen molar-refractivity contribution in [3.8, 4) is 5.75 Å². The van der Waals surface area contributed by atoms with Crippen LogP contribution in [0.4, 0.5) is 4.79 Å². The third-order valence-electron chi connectivity index (χ3n) is 3.63. The largest absolute Gasteiger partial charge is 0.513 e. The van der Waals surface area contributed by atoms with E-state index in [1.807, 2.05) is 0 Å². The van der Waals surface area contributed by atoms with Crippen LogP contribution in [-0.2, 0) is 14.3 Å². The molecule has 2 unspecified atom stereocenters. The second-order valence-corrected chi connectivity index (χ2v) is 5.77. The Balaban J connectivity index is 2.46. The molecule has 0 fully saturated rings. The monoisotopic (exact) mass is 364 g/mol. The summed E-state index contributed by atoms with van der Waals surface area (Å²) in [5.41, 5.74) is 0.667. The molecule has 1 aromatic carbocycles. The van der Waals surface area contributed by atoms with Crippen LogP contribution in [0.1, 0.15) is 37.6 Å². The lowest BCUT2D eigenvalue weighted by atomic mass is 9.93. The van der Waals surface area contributed by atoms with E-state index in [2.05, 4.69) is 6.58 Å². The number of Topliss-reactive ketones (excluding diaryl/α,β-unsaturated/α-hetero) is 1. The minimum Gasteiger partial charge on any atom is -0.459 e. The molecule has 0 aliphatic rings. The van der Waals surface area contributed by atoms with Gasteiger partial charge >= 0.3 is 12.1 Å². The van der Waals surface area contributed by atoms with Crippen molar-refractivity contribution in [2.24, 2.45) is 5.92 Å². The maximum atomic E-state index is 12.2. The number of hydrogen-bond acceptors (Lipinski definition) is 7. The molecule has 7 nitrogen and oxygen atoms in total. The van der Waals surface area contributed by atoms with Crippen molar-refractivity contribution in [1.82, 2.24) is 0 Å². The van der Waals surface area contributed by atoms with Gasteiger partial charge in [-0.25, -0.2) is 9.59 Å². The number of ether oxygens (including phenoxy) is 3. The van der Waals surface area contributed by atoms with Gasteiger partial charge in [0.15, 0.2) is 5.78 Å². The van der Waals surface area contributed by atoms with E-state index in [9.17, 15) is 19.5 Å². The van der Waals surface area contributed by atoms with E-state index in [4.69, 9.17) is 14.2 Å². The number of aliphatic hydroxyl groups is 1. The van der Waals surface area contributed by atoms with Gasteiger partial charge in [0.05, 0.1) is 6.10 Å². The van der Waals surface area contributed by atoms with Crippen molar-refractivity contribution in [1.29, 1.82) is 0 Å². The van der Waals surface area contributed by atoms with E-state index < -0.39 is 24.1 Å². The second-order valence-electron chi connectivity index (χ2n) is 5.77. The SMILES string of the molecule is C=C(C)C(=O)OCCOC(=O)Oc1ccc(C(=O)C(C)C(O)CC)cc1. The summed E-state index contributed by atoms with van der Waals surface area (Å²) in [5.74, 6) is -1.06. The zero-order valence-electron chi connectivity index (χ0n) is 15.2. The number of hydrogen-bond donors (Lipinski definition) is 1. The van der Waals surface area contributed by atoms with E-state index in [1.54, 1.807) is 13.8 Å². The van der Waals surface area contributed by atoms with Crippen molar-refractivity contribution in [3.05, 3.63) is 42.0 Å². The summed E-state index contributed by atoms with van der Waals surface area (Å²) >= 11 is 0. The highest BCUT2D eigenvalue weighted by Gasteiger charge is 2.21. The van der Waals surface area contributed by atoms with Crippen molar-refractivity contribution >= 4 is 17.9 Å². The van der Waals surface area contributed by atoms with Crippen LogP contribution >= 0.6 is 0 Å². The van der Waals surface area contributed by atoms with Crippen molar-refractivity contribution in [2.45, 2.75) is 33.3 Å². The van der Waals surface area contributed by atoms with Gasteiger partial charge in [-0.15, -0.1) is 0 Å². The molecule has 26 heavy (non-hydrogen) atoms. The van der Waals surface area contributed by atoms with Crippen LogP contribution in [0.2, 0.25) is 0 Å². The van der Waals surface area contributed by atoms with Crippen LogP contribution < -0.4 is 4.74 Å². The van der Waals surface area contributed by atoms with Crippen molar-refractivity contribution in [3.63, 3.8) is 0 Å². The van der Waals surface area contributed by atoms with Crippen LogP contribution in [0.15, 0.2) is 36.4 Å². The maximum absolute atomic E-state index is 12.2. The second kappa shape index (κ2) is 10.4. The summed E-state index contributed by atoms with van der Waals surface area (Å²) < 4.78 is 14.5. The molecule has 0 spiro atoms. The molecule has 0 aromatic heterocycles. The molecule has 0 saturated carbocycles. The smallest absolute Gasteiger partial charge is 0.459 e. The van der Waals surface area contributed by atoms with Crippen molar-refractivity contribution in [2.75, 3.05) is 13.2 Å². The zero-order chi connectivity index (χ0) is 19.7. The number of benzene rings is 1. The number of carbonyl (C=O) groups excluding carboxylic acids is 3. The molecular formula is C19H24O7. The predicted molar refractivity (Wildman–Crippen MR) is 94.0 cm³/mol. The molecule has 0 aliphatic carbocycles. The molecule has 0 amide bonds. The highest BCUT2D eigenvalue weighted by molar-refractivity contribution is 5.98. The quantitative estimate of drug-likeness (QED) is 0.236. The molecular weight excluding hydrogens is 340 g/mol. The van der Waals surface area contributed by atoms with Crippen LogP contribution in [-0.4, -0.2) is 42.3 Å². The first-order valence-electron chi connectivity index (χ1n) is 8.25. The number of carbonyl (C=O) groups is 3. The minimum absolute atomic E-state index is 0.105. The maximum Gasteiger partial charge on any atom is 0.513 e. The molecule has 1 N–H and O–H groups in total. The van der Waals surface area contributed by atoms with Gasteiger partial charge in [0.25, 0.3) is 0 Å². The van der Waals surface area contributed by atoms with Crippen molar-refractivity contribution < 1.29 is 33.7 Å². The standard InChI is InChI=1S/C19H24O7/c1-5-16(20)13(4)17(21)14-6-8-15(9-7-14)26-19(23)25-11-10-24-18(22)12(2)3/h6-9,13,16,20H,2,5,10-11H2,1,3-4H3. The number of esters is 1. The summed E-state index contributed by atoms with van der Waals surface area (Å²) in [6.45, 7) is 8.14. The Hall–Kier alpha value is -2.67. The lowest BCUT2D eigenvalue weighted by molar-refractivity contribution is -0.140.